The second kappa shape index (κ2) is 13.1. The Morgan fingerprint density at radius 3 is 1.87 bits per heavy atom. The van der Waals surface area contributed by atoms with Gasteiger partial charge in [-0.2, -0.15) is 0 Å². The van der Waals surface area contributed by atoms with E-state index in [-0.39, 0.29) is 17.9 Å². The molecule has 4 aromatic carbocycles. The van der Waals surface area contributed by atoms with E-state index in [1.165, 1.54) is 20.3 Å². The van der Waals surface area contributed by atoms with E-state index in [4.69, 9.17) is 14.2 Å². The maximum atomic E-state index is 13.8. The van der Waals surface area contributed by atoms with Gasteiger partial charge in [0.15, 0.2) is 0 Å². The lowest BCUT2D eigenvalue weighted by Gasteiger charge is -2.24. The average Bonchev–Trinajstić information content (AvgIpc) is 2.98. The van der Waals surface area contributed by atoms with Crippen LogP contribution in [0, 0.1) is 0 Å². The molecule has 0 atom stereocenters. The van der Waals surface area contributed by atoms with Gasteiger partial charge in [-0.15, -0.1) is 0 Å². The van der Waals surface area contributed by atoms with Crippen LogP contribution in [0.25, 0.3) is 0 Å². The smallest absolute Gasteiger partial charge is 0.338 e. The van der Waals surface area contributed by atoms with Crippen molar-refractivity contribution in [2.75, 3.05) is 14.2 Å². The number of rotatable bonds is 10. The van der Waals surface area contributed by atoms with Crippen LogP contribution in [-0.4, -0.2) is 37.0 Å². The topological polar surface area (TPSA) is 82.1 Å². The fourth-order valence-electron chi connectivity index (χ4n) is 4.09. The van der Waals surface area contributed by atoms with Gasteiger partial charge in [0, 0.05) is 18.7 Å². The summed E-state index contributed by atoms with van der Waals surface area (Å²) in [4.78, 5) is 39.8. The zero-order valence-corrected chi connectivity index (χ0v) is 21.8. The lowest BCUT2D eigenvalue weighted by molar-refractivity contribution is -0.139. The van der Waals surface area contributed by atoms with Crippen LogP contribution in [0.1, 0.15) is 37.4 Å². The molecule has 39 heavy (non-hydrogen) atoms. The minimum Gasteiger partial charge on any atom is -0.469 e. The summed E-state index contributed by atoms with van der Waals surface area (Å²) in [5, 5.41) is 0. The van der Waals surface area contributed by atoms with Crippen molar-refractivity contribution in [1.29, 1.82) is 0 Å². The Kier molecular flexibility index (Phi) is 9.08. The number of para-hydroxylation sites is 1. The second-order valence-electron chi connectivity index (χ2n) is 8.82. The molecule has 0 heterocycles. The number of methoxy groups -OCH3 is 2. The number of amides is 1. The third-order valence-corrected chi connectivity index (χ3v) is 6.10. The number of hydrogen-bond donors (Lipinski definition) is 0. The first-order chi connectivity index (χ1) is 19.0. The van der Waals surface area contributed by atoms with E-state index in [0.717, 1.165) is 16.9 Å². The molecule has 198 valence electrons. The van der Waals surface area contributed by atoms with Gasteiger partial charge in [-0.1, -0.05) is 66.7 Å². The molecule has 0 saturated heterocycles. The van der Waals surface area contributed by atoms with Crippen LogP contribution in [-0.2, 0) is 33.8 Å². The standard InChI is InChI=1S/C32H29NO6/c1-37-30(34)20-25-15-16-26(19-29(25)32(36)38-2)31(35)33(21-23-9-5-3-6-10-23)22-24-13-17-28(18-14-24)39-27-11-7-4-8-12-27/h3-19H,20-22H2,1-2H3. The normalized spacial score (nSPS) is 10.4. The number of hydrogen-bond acceptors (Lipinski definition) is 6. The Morgan fingerprint density at radius 1 is 0.667 bits per heavy atom. The first kappa shape index (κ1) is 27.1. The van der Waals surface area contributed by atoms with Gasteiger partial charge in [-0.25, -0.2) is 4.79 Å². The third kappa shape index (κ3) is 7.32. The molecule has 0 aromatic heterocycles. The zero-order chi connectivity index (χ0) is 27.6. The Balaban J connectivity index is 1.60. The molecule has 4 rings (SSSR count). The molecule has 0 spiro atoms. The van der Waals surface area contributed by atoms with Crippen molar-refractivity contribution in [2.24, 2.45) is 0 Å². The number of carbonyl (C=O) groups is 3. The summed E-state index contributed by atoms with van der Waals surface area (Å²) in [5.74, 6) is 0.0352. The summed E-state index contributed by atoms with van der Waals surface area (Å²) >= 11 is 0. The second-order valence-corrected chi connectivity index (χ2v) is 8.82. The Bertz CT molecular complexity index is 1420. The predicted octanol–water partition coefficient (Wildman–Crippen LogP) is 5.82. The molecule has 1 amide bonds. The molecular weight excluding hydrogens is 494 g/mol. The first-order valence-corrected chi connectivity index (χ1v) is 12.4. The van der Waals surface area contributed by atoms with Crippen LogP contribution >= 0.6 is 0 Å². The fraction of sp³-hybridized carbons (Fsp3) is 0.156. The molecule has 7 heteroatoms. The van der Waals surface area contributed by atoms with E-state index in [1.54, 1.807) is 17.0 Å². The van der Waals surface area contributed by atoms with Gasteiger partial charge in [0.25, 0.3) is 5.91 Å². The van der Waals surface area contributed by atoms with E-state index < -0.39 is 11.9 Å². The van der Waals surface area contributed by atoms with Gasteiger partial charge in [0.1, 0.15) is 11.5 Å². The molecule has 0 saturated carbocycles. The lowest BCUT2D eigenvalue weighted by Crippen LogP contribution is -2.30. The highest BCUT2D eigenvalue weighted by Gasteiger charge is 2.22. The van der Waals surface area contributed by atoms with Crippen molar-refractivity contribution in [1.82, 2.24) is 4.90 Å². The van der Waals surface area contributed by atoms with Crippen molar-refractivity contribution in [2.45, 2.75) is 19.5 Å². The van der Waals surface area contributed by atoms with E-state index in [0.29, 0.717) is 30.0 Å². The summed E-state index contributed by atoms with van der Waals surface area (Å²) in [5.41, 5.74) is 2.76. The van der Waals surface area contributed by atoms with Gasteiger partial charge in [-0.05, 0) is 53.1 Å². The summed E-state index contributed by atoms with van der Waals surface area (Å²) in [6.07, 6.45) is -0.111. The highest BCUT2D eigenvalue weighted by Crippen LogP contribution is 2.23. The van der Waals surface area contributed by atoms with E-state index >= 15 is 0 Å². The quantitative estimate of drug-likeness (QED) is 0.244. The van der Waals surface area contributed by atoms with Crippen LogP contribution in [0.4, 0.5) is 0 Å². The molecule has 4 aromatic rings. The number of nitrogens with zero attached hydrogens (tertiary/aromatic N) is 1. The van der Waals surface area contributed by atoms with E-state index in [2.05, 4.69) is 0 Å². The number of esters is 2. The molecule has 0 aliphatic carbocycles. The zero-order valence-electron chi connectivity index (χ0n) is 21.8. The highest BCUT2D eigenvalue weighted by molar-refractivity contribution is 5.99. The van der Waals surface area contributed by atoms with Gasteiger partial charge >= 0.3 is 11.9 Å². The molecule has 0 N–H and O–H groups in total. The van der Waals surface area contributed by atoms with Crippen molar-refractivity contribution >= 4 is 17.8 Å². The molecule has 0 bridgehead atoms. The summed E-state index contributed by atoms with van der Waals surface area (Å²) < 4.78 is 15.5. The molecular formula is C32H29NO6. The van der Waals surface area contributed by atoms with Gasteiger partial charge in [0.05, 0.1) is 26.2 Å². The third-order valence-electron chi connectivity index (χ3n) is 6.10. The van der Waals surface area contributed by atoms with Gasteiger partial charge < -0.3 is 19.1 Å². The molecule has 7 nitrogen and oxygen atoms in total. The lowest BCUT2D eigenvalue weighted by atomic mass is 10.00. The van der Waals surface area contributed by atoms with E-state index in [9.17, 15) is 14.4 Å². The van der Waals surface area contributed by atoms with Crippen LogP contribution < -0.4 is 4.74 Å². The van der Waals surface area contributed by atoms with Crippen molar-refractivity contribution in [3.63, 3.8) is 0 Å². The molecule has 0 aliphatic rings. The summed E-state index contributed by atoms with van der Waals surface area (Å²) in [7, 11) is 2.53. The van der Waals surface area contributed by atoms with Gasteiger partial charge in [-0.3, -0.25) is 9.59 Å². The fourth-order valence-corrected chi connectivity index (χ4v) is 4.09. The van der Waals surface area contributed by atoms with Crippen LogP contribution in [0.3, 0.4) is 0 Å². The Labute approximate surface area is 227 Å². The van der Waals surface area contributed by atoms with Gasteiger partial charge in [0.2, 0.25) is 0 Å². The van der Waals surface area contributed by atoms with E-state index in [1.807, 2.05) is 84.9 Å². The van der Waals surface area contributed by atoms with Crippen LogP contribution in [0.5, 0.6) is 11.5 Å². The number of carbonyl (C=O) groups excluding carboxylic acids is 3. The first-order valence-electron chi connectivity index (χ1n) is 12.4. The molecule has 0 unspecified atom stereocenters. The summed E-state index contributed by atoms with van der Waals surface area (Å²) in [6.45, 7) is 0.691. The Morgan fingerprint density at radius 2 is 1.26 bits per heavy atom. The van der Waals surface area contributed by atoms with Crippen LogP contribution in [0.2, 0.25) is 0 Å². The number of benzene rings is 4. The molecule has 0 aliphatic heterocycles. The Hall–Kier alpha value is -4.91. The maximum absolute atomic E-state index is 13.8. The maximum Gasteiger partial charge on any atom is 0.338 e. The molecule has 0 radical (unpaired) electrons. The summed E-state index contributed by atoms with van der Waals surface area (Å²) in [6, 6.07) is 31.4. The predicted molar refractivity (Wildman–Crippen MR) is 146 cm³/mol. The van der Waals surface area contributed by atoms with Crippen LogP contribution in [0.15, 0.2) is 103 Å². The SMILES string of the molecule is COC(=O)Cc1ccc(C(=O)N(Cc2ccccc2)Cc2ccc(Oc3ccccc3)cc2)cc1C(=O)OC. The average molecular weight is 524 g/mol. The van der Waals surface area contributed by atoms with Crippen molar-refractivity contribution in [3.8, 4) is 11.5 Å². The largest absolute Gasteiger partial charge is 0.469 e. The highest BCUT2D eigenvalue weighted by atomic mass is 16.5. The number of ether oxygens (including phenoxy) is 3. The minimum atomic E-state index is -0.632. The monoisotopic (exact) mass is 523 g/mol. The van der Waals surface area contributed by atoms with Crippen molar-refractivity contribution in [3.05, 3.63) is 131 Å². The van der Waals surface area contributed by atoms with Crippen molar-refractivity contribution < 1.29 is 28.6 Å². The minimum absolute atomic E-state index is 0.111. The molecule has 0 fully saturated rings.